The van der Waals surface area contributed by atoms with E-state index in [9.17, 15) is 14.4 Å². The zero-order valence-electron chi connectivity index (χ0n) is 10.2. The van der Waals surface area contributed by atoms with Gasteiger partial charge < -0.3 is 9.47 Å². The normalized spacial score (nSPS) is 15.6. The summed E-state index contributed by atoms with van der Waals surface area (Å²) < 4.78 is 9.69. The van der Waals surface area contributed by atoms with Crippen LogP contribution in [0.2, 0.25) is 0 Å². The van der Waals surface area contributed by atoms with Crippen LogP contribution in [0.4, 0.5) is 0 Å². The molecule has 96 valence electrons. The van der Waals surface area contributed by atoms with Crippen LogP contribution in [0.3, 0.4) is 0 Å². The number of ether oxygens (including phenoxy) is 2. The zero-order valence-corrected chi connectivity index (χ0v) is 10.2. The van der Waals surface area contributed by atoms with Crippen molar-refractivity contribution < 1.29 is 23.9 Å². The van der Waals surface area contributed by atoms with Crippen molar-refractivity contribution in [2.75, 3.05) is 13.2 Å². The molecule has 0 aromatic heterocycles. The second-order valence-corrected chi connectivity index (χ2v) is 4.11. The first-order chi connectivity index (χ1) is 8.08. The van der Waals surface area contributed by atoms with Crippen LogP contribution < -0.4 is 0 Å². The molecule has 1 rings (SSSR count). The number of carbonyl (C=O) groups excluding carboxylic acids is 3. The summed E-state index contributed by atoms with van der Waals surface area (Å²) in [7, 11) is 0. The summed E-state index contributed by atoms with van der Waals surface area (Å²) in [6, 6.07) is 0. The Bertz CT molecular complexity index is 284. The highest BCUT2D eigenvalue weighted by Gasteiger charge is 2.36. The van der Waals surface area contributed by atoms with Crippen LogP contribution in [0.25, 0.3) is 0 Å². The van der Waals surface area contributed by atoms with Crippen LogP contribution >= 0.6 is 0 Å². The molecule has 0 unspecified atom stereocenters. The van der Waals surface area contributed by atoms with Crippen molar-refractivity contribution in [3.63, 3.8) is 0 Å². The molecule has 0 aromatic rings. The first kappa shape index (κ1) is 13.7. The van der Waals surface area contributed by atoms with E-state index in [2.05, 4.69) is 0 Å². The maximum absolute atomic E-state index is 11.6. The first-order valence-corrected chi connectivity index (χ1v) is 5.93. The van der Waals surface area contributed by atoms with Crippen LogP contribution in [-0.2, 0) is 23.9 Å². The highest BCUT2D eigenvalue weighted by Crippen LogP contribution is 2.30. The molecule has 0 amide bonds. The predicted octanol–water partition coefficient (Wildman–Crippen LogP) is 1.10. The maximum atomic E-state index is 11.6. The summed E-state index contributed by atoms with van der Waals surface area (Å²) in [5, 5.41) is 0. The van der Waals surface area contributed by atoms with Gasteiger partial charge in [0.2, 0.25) is 0 Å². The van der Waals surface area contributed by atoms with Gasteiger partial charge in [-0.25, -0.2) is 0 Å². The van der Waals surface area contributed by atoms with E-state index in [4.69, 9.17) is 9.47 Å². The largest absolute Gasteiger partial charge is 0.465 e. The molecule has 0 atom stereocenters. The van der Waals surface area contributed by atoms with E-state index in [1.165, 1.54) is 0 Å². The van der Waals surface area contributed by atoms with Gasteiger partial charge in [-0.15, -0.1) is 0 Å². The van der Waals surface area contributed by atoms with Gasteiger partial charge in [-0.05, 0) is 26.2 Å². The van der Waals surface area contributed by atoms with Gasteiger partial charge in [0.25, 0.3) is 0 Å². The van der Waals surface area contributed by atoms with Gasteiger partial charge in [-0.1, -0.05) is 0 Å². The molecule has 1 fully saturated rings. The van der Waals surface area contributed by atoms with Crippen LogP contribution in [0.5, 0.6) is 0 Å². The smallest absolute Gasteiger partial charge is 0.320 e. The number of hydrogen-bond donors (Lipinski definition) is 0. The fourth-order valence-electron chi connectivity index (χ4n) is 1.86. The molecule has 0 aromatic carbocycles. The number of hydrogen-bond acceptors (Lipinski definition) is 5. The Morgan fingerprint density at radius 2 is 1.65 bits per heavy atom. The van der Waals surface area contributed by atoms with E-state index in [0.29, 0.717) is 19.3 Å². The van der Waals surface area contributed by atoms with Crippen molar-refractivity contribution in [1.82, 2.24) is 0 Å². The van der Waals surface area contributed by atoms with Crippen molar-refractivity contribution in [3.8, 4) is 0 Å². The summed E-state index contributed by atoms with van der Waals surface area (Å²) in [5.41, 5.74) is 0. The Kier molecular flexibility index (Phi) is 5.12. The number of rotatable bonds is 6. The third-order valence-electron chi connectivity index (χ3n) is 2.74. The Balaban J connectivity index is 2.54. The number of Topliss-reactive ketones (excluding diaryl/α,β-unsaturated/α-hetero) is 1. The number of carbonyl (C=O) groups is 3. The molecule has 0 radical (unpaired) electrons. The molecule has 1 aliphatic rings. The van der Waals surface area contributed by atoms with Gasteiger partial charge in [0.05, 0.1) is 13.2 Å². The summed E-state index contributed by atoms with van der Waals surface area (Å²) in [6.45, 7) is 3.84. The predicted molar refractivity (Wildman–Crippen MR) is 59.1 cm³/mol. The summed E-state index contributed by atoms with van der Waals surface area (Å²) in [5.74, 6) is -1.69. The zero-order chi connectivity index (χ0) is 12.8. The van der Waals surface area contributed by atoms with Gasteiger partial charge in [-0.2, -0.15) is 0 Å². The van der Waals surface area contributed by atoms with E-state index in [0.717, 1.165) is 0 Å². The van der Waals surface area contributed by atoms with Crippen LogP contribution in [-0.4, -0.2) is 30.9 Å². The third kappa shape index (κ3) is 3.84. The van der Waals surface area contributed by atoms with Crippen LogP contribution in [0, 0.1) is 11.8 Å². The van der Waals surface area contributed by atoms with E-state index < -0.39 is 17.9 Å². The van der Waals surface area contributed by atoms with Crippen molar-refractivity contribution in [1.29, 1.82) is 0 Å². The average molecular weight is 242 g/mol. The lowest BCUT2D eigenvalue weighted by atomic mass is 9.78. The molecule has 0 heterocycles. The fourth-order valence-corrected chi connectivity index (χ4v) is 1.86. The topological polar surface area (TPSA) is 69.7 Å². The molecule has 5 heteroatoms. The maximum Gasteiger partial charge on any atom is 0.320 e. The lowest BCUT2D eigenvalue weighted by molar-refractivity contribution is -0.163. The second kappa shape index (κ2) is 6.37. The van der Waals surface area contributed by atoms with E-state index in [1.807, 2.05) is 0 Å². The lowest BCUT2D eigenvalue weighted by Crippen LogP contribution is -2.34. The third-order valence-corrected chi connectivity index (χ3v) is 2.74. The van der Waals surface area contributed by atoms with Gasteiger partial charge in [0.1, 0.15) is 5.78 Å². The molecular formula is C12H18O5. The van der Waals surface area contributed by atoms with E-state index >= 15 is 0 Å². The van der Waals surface area contributed by atoms with E-state index in [1.54, 1.807) is 13.8 Å². The number of esters is 2. The Labute approximate surface area is 100 Å². The van der Waals surface area contributed by atoms with Gasteiger partial charge in [0, 0.05) is 12.8 Å². The minimum absolute atomic E-state index is 0.112. The molecule has 0 aliphatic heterocycles. The standard InChI is InChI=1S/C12H18O5/c1-3-16-11(14)10(12(15)17-4-2)7-8-5-9(13)6-8/h8,10H,3-7H2,1-2H3. The summed E-state index contributed by atoms with van der Waals surface area (Å²) >= 11 is 0. The van der Waals surface area contributed by atoms with Crippen molar-refractivity contribution >= 4 is 17.7 Å². The van der Waals surface area contributed by atoms with Gasteiger partial charge in [-0.3, -0.25) is 14.4 Å². The molecule has 0 bridgehead atoms. The van der Waals surface area contributed by atoms with Crippen molar-refractivity contribution in [2.45, 2.75) is 33.1 Å². The molecular weight excluding hydrogens is 224 g/mol. The minimum Gasteiger partial charge on any atom is -0.465 e. The summed E-state index contributed by atoms with van der Waals surface area (Å²) in [6.07, 6.45) is 1.26. The number of ketones is 1. The van der Waals surface area contributed by atoms with E-state index in [-0.39, 0.29) is 24.9 Å². The molecule has 1 saturated carbocycles. The highest BCUT2D eigenvalue weighted by molar-refractivity contribution is 5.95. The molecule has 1 aliphatic carbocycles. The molecule has 0 saturated heterocycles. The quantitative estimate of drug-likeness (QED) is 0.515. The Morgan fingerprint density at radius 1 is 1.18 bits per heavy atom. The first-order valence-electron chi connectivity index (χ1n) is 5.93. The highest BCUT2D eigenvalue weighted by atomic mass is 16.6. The molecule has 5 nitrogen and oxygen atoms in total. The molecule has 0 N–H and O–H groups in total. The van der Waals surface area contributed by atoms with Gasteiger partial charge >= 0.3 is 11.9 Å². The summed E-state index contributed by atoms with van der Waals surface area (Å²) in [4.78, 5) is 34.1. The Morgan fingerprint density at radius 3 is 2.00 bits per heavy atom. The second-order valence-electron chi connectivity index (χ2n) is 4.11. The van der Waals surface area contributed by atoms with Crippen LogP contribution in [0.1, 0.15) is 33.1 Å². The van der Waals surface area contributed by atoms with Gasteiger partial charge in [0.15, 0.2) is 5.92 Å². The lowest BCUT2D eigenvalue weighted by Gasteiger charge is -2.26. The molecule has 17 heavy (non-hydrogen) atoms. The fraction of sp³-hybridized carbons (Fsp3) is 0.750. The monoisotopic (exact) mass is 242 g/mol. The van der Waals surface area contributed by atoms with Crippen molar-refractivity contribution in [2.24, 2.45) is 11.8 Å². The van der Waals surface area contributed by atoms with Crippen molar-refractivity contribution in [3.05, 3.63) is 0 Å². The molecule has 0 spiro atoms. The average Bonchev–Trinajstić information content (AvgIpc) is 2.23. The SMILES string of the molecule is CCOC(=O)C(CC1CC(=O)C1)C(=O)OCC. The minimum atomic E-state index is -0.881. The Hall–Kier alpha value is -1.39. The van der Waals surface area contributed by atoms with Crippen LogP contribution in [0.15, 0.2) is 0 Å².